The molecule has 19 heavy (non-hydrogen) atoms. The van der Waals surface area contributed by atoms with E-state index in [9.17, 15) is 4.79 Å². The number of hydrogen-bond acceptors (Lipinski definition) is 2. The lowest BCUT2D eigenvalue weighted by Gasteiger charge is -1.96. The molecule has 0 amide bonds. The number of rotatable bonds is 2. The van der Waals surface area contributed by atoms with E-state index in [0.29, 0.717) is 11.3 Å². The summed E-state index contributed by atoms with van der Waals surface area (Å²) >= 11 is 4.49. The van der Waals surface area contributed by atoms with Gasteiger partial charge >= 0.3 is 0 Å². The molecule has 1 aromatic heterocycles. The highest BCUT2D eigenvalue weighted by Gasteiger charge is 2.15. The molecule has 2 nitrogen and oxygen atoms in total. The molecular weight excluding hydrogens is 466 g/mol. The van der Waals surface area contributed by atoms with E-state index in [2.05, 4.69) is 45.2 Å². The van der Waals surface area contributed by atoms with E-state index in [1.165, 1.54) is 0 Å². The van der Waals surface area contributed by atoms with Crippen LogP contribution < -0.4 is 0 Å². The SMILES string of the molecule is O=C(c1ccccc1)c1cc2cc(I)cc(I)c2o1. The summed E-state index contributed by atoms with van der Waals surface area (Å²) in [5.41, 5.74) is 1.42. The summed E-state index contributed by atoms with van der Waals surface area (Å²) in [5, 5.41) is 0.968. The van der Waals surface area contributed by atoms with Gasteiger partial charge < -0.3 is 4.42 Å². The first-order valence-electron chi connectivity index (χ1n) is 5.63. The van der Waals surface area contributed by atoms with Crippen LogP contribution in [0.1, 0.15) is 16.1 Å². The molecule has 3 rings (SSSR count). The van der Waals surface area contributed by atoms with Crippen LogP contribution in [0.3, 0.4) is 0 Å². The molecule has 0 N–H and O–H groups in total. The van der Waals surface area contributed by atoms with Crippen molar-refractivity contribution in [3.05, 3.63) is 67.0 Å². The molecular formula is C15H8I2O2. The maximum atomic E-state index is 12.3. The molecule has 3 aromatic rings. The molecule has 0 aliphatic heterocycles. The molecule has 0 unspecified atom stereocenters. The van der Waals surface area contributed by atoms with Crippen molar-refractivity contribution < 1.29 is 9.21 Å². The minimum atomic E-state index is -0.0809. The van der Waals surface area contributed by atoms with Gasteiger partial charge in [0.15, 0.2) is 5.76 Å². The van der Waals surface area contributed by atoms with Crippen molar-refractivity contribution in [1.82, 2.24) is 0 Å². The van der Waals surface area contributed by atoms with Gasteiger partial charge in [-0.2, -0.15) is 0 Å². The number of furan rings is 1. The van der Waals surface area contributed by atoms with Crippen LogP contribution in [0.5, 0.6) is 0 Å². The molecule has 0 bridgehead atoms. The van der Waals surface area contributed by atoms with Gasteiger partial charge in [-0.05, 0) is 63.4 Å². The van der Waals surface area contributed by atoms with Crippen molar-refractivity contribution in [2.75, 3.05) is 0 Å². The van der Waals surface area contributed by atoms with Gasteiger partial charge in [-0.1, -0.05) is 30.3 Å². The summed E-state index contributed by atoms with van der Waals surface area (Å²) < 4.78 is 7.86. The van der Waals surface area contributed by atoms with E-state index in [4.69, 9.17) is 4.42 Å². The predicted octanol–water partition coefficient (Wildman–Crippen LogP) is 4.87. The topological polar surface area (TPSA) is 30.2 Å². The Labute approximate surface area is 137 Å². The Morgan fingerprint density at radius 1 is 1.00 bits per heavy atom. The first-order chi connectivity index (χ1) is 9.15. The van der Waals surface area contributed by atoms with E-state index in [0.717, 1.165) is 18.1 Å². The monoisotopic (exact) mass is 474 g/mol. The highest BCUT2D eigenvalue weighted by atomic mass is 127. The zero-order valence-corrected chi connectivity index (χ0v) is 14.0. The first kappa shape index (κ1) is 13.1. The molecule has 0 spiro atoms. The molecule has 0 fully saturated rings. The fraction of sp³-hybridized carbons (Fsp3) is 0. The van der Waals surface area contributed by atoms with Crippen LogP contribution in [0.25, 0.3) is 11.0 Å². The van der Waals surface area contributed by atoms with E-state index in [1.54, 1.807) is 12.1 Å². The number of carbonyl (C=O) groups is 1. The summed E-state index contributed by atoms with van der Waals surface area (Å²) in [7, 11) is 0. The van der Waals surface area contributed by atoms with E-state index < -0.39 is 0 Å². The van der Waals surface area contributed by atoms with Crippen LogP contribution in [-0.2, 0) is 0 Å². The van der Waals surface area contributed by atoms with Crippen LogP contribution >= 0.6 is 45.2 Å². The molecule has 1 heterocycles. The smallest absolute Gasteiger partial charge is 0.228 e. The second-order valence-corrected chi connectivity index (χ2v) is 6.52. The number of fused-ring (bicyclic) bond motifs is 1. The summed E-state index contributed by atoms with van der Waals surface area (Å²) in [6.07, 6.45) is 0. The number of carbonyl (C=O) groups excluding carboxylic acids is 1. The van der Waals surface area contributed by atoms with Crippen molar-refractivity contribution in [2.24, 2.45) is 0 Å². The number of hydrogen-bond donors (Lipinski definition) is 0. The van der Waals surface area contributed by atoms with Crippen molar-refractivity contribution in [1.29, 1.82) is 0 Å². The van der Waals surface area contributed by atoms with Gasteiger partial charge in [0, 0.05) is 14.5 Å². The van der Waals surface area contributed by atoms with Gasteiger partial charge in [0.1, 0.15) is 5.58 Å². The quantitative estimate of drug-likeness (QED) is 0.392. The average molecular weight is 474 g/mol. The Morgan fingerprint density at radius 3 is 2.47 bits per heavy atom. The normalized spacial score (nSPS) is 10.8. The van der Waals surface area contributed by atoms with Crippen molar-refractivity contribution in [3.63, 3.8) is 0 Å². The van der Waals surface area contributed by atoms with E-state index in [-0.39, 0.29) is 5.78 Å². The van der Waals surface area contributed by atoms with Gasteiger partial charge in [-0.3, -0.25) is 4.79 Å². The molecule has 0 atom stereocenters. The van der Waals surface area contributed by atoms with Gasteiger partial charge in [-0.25, -0.2) is 0 Å². The first-order valence-corrected chi connectivity index (χ1v) is 7.79. The minimum absolute atomic E-state index is 0.0809. The minimum Gasteiger partial charge on any atom is -0.451 e. The fourth-order valence-electron chi connectivity index (χ4n) is 1.92. The maximum Gasteiger partial charge on any atom is 0.228 e. The van der Waals surface area contributed by atoms with Crippen LogP contribution in [0, 0.1) is 7.14 Å². The maximum absolute atomic E-state index is 12.3. The highest BCUT2D eigenvalue weighted by Crippen LogP contribution is 2.28. The summed E-state index contributed by atoms with van der Waals surface area (Å²) in [6.45, 7) is 0. The molecule has 0 aliphatic rings. The third kappa shape index (κ3) is 2.55. The van der Waals surface area contributed by atoms with Crippen molar-refractivity contribution >= 4 is 61.9 Å². The molecule has 0 aliphatic carbocycles. The molecule has 0 saturated heterocycles. The number of halogens is 2. The second kappa shape index (κ2) is 5.24. The lowest BCUT2D eigenvalue weighted by molar-refractivity contribution is 0.101. The molecule has 0 saturated carbocycles. The van der Waals surface area contributed by atoms with Crippen molar-refractivity contribution in [2.45, 2.75) is 0 Å². The zero-order chi connectivity index (χ0) is 13.4. The lowest BCUT2D eigenvalue weighted by Crippen LogP contribution is -1.98. The van der Waals surface area contributed by atoms with Crippen LogP contribution in [0.2, 0.25) is 0 Å². The summed E-state index contributed by atoms with van der Waals surface area (Å²) in [6, 6.07) is 15.0. The van der Waals surface area contributed by atoms with Gasteiger partial charge in [0.25, 0.3) is 0 Å². The van der Waals surface area contributed by atoms with Crippen LogP contribution in [0.4, 0.5) is 0 Å². The Kier molecular flexibility index (Phi) is 3.62. The predicted molar refractivity (Wildman–Crippen MR) is 91.5 cm³/mol. The van der Waals surface area contributed by atoms with Crippen LogP contribution in [-0.4, -0.2) is 5.78 Å². The average Bonchev–Trinajstić information content (AvgIpc) is 2.83. The summed E-state index contributed by atoms with van der Waals surface area (Å²) in [4.78, 5) is 12.3. The fourth-order valence-corrected chi connectivity index (χ4v) is 3.92. The molecule has 2 aromatic carbocycles. The summed E-state index contributed by atoms with van der Waals surface area (Å²) in [5.74, 6) is 0.309. The molecule has 0 radical (unpaired) electrons. The Balaban J connectivity index is 2.12. The van der Waals surface area contributed by atoms with Crippen LogP contribution in [0.15, 0.2) is 52.9 Å². The van der Waals surface area contributed by atoms with Gasteiger partial charge in [0.2, 0.25) is 5.78 Å². The zero-order valence-electron chi connectivity index (χ0n) is 9.69. The Bertz CT molecular complexity index is 760. The highest BCUT2D eigenvalue weighted by molar-refractivity contribution is 14.1. The van der Waals surface area contributed by atoms with E-state index in [1.807, 2.05) is 36.4 Å². The van der Waals surface area contributed by atoms with E-state index >= 15 is 0 Å². The Hall–Kier alpha value is -0.890. The third-order valence-corrected chi connectivity index (χ3v) is 4.22. The number of benzene rings is 2. The Morgan fingerprint density at radius 2 is 1.74 bits per heavy atom. The van der Waals surface area contributed by atoms with Gasteiger partial charge in [0.05, 0.1) is 3.57 Å². The van der Waals surface area contributed by atoms with Gasteiger partial charge in [-0.15, -0.1) is 0 Å². The molecule has 94 valence electrons. The standard InChI is InChI=1S/C15H8I2O2/c16-11-6-10-7-13(19-15(10)12(17)8-11)14(18)9-4-2-1-3-5-9/h1-8H. The lowest BCUT2D eigenvalue weighted by atomic mass is 10.1. The molecule has 4 heteroatoms. The largest absolute Gasteiger partial charge is 0.451 e. The van der Waals surface area contributed by atoms with Crippen molar-refractivity contribution in [3.8, 4) is 0 Å². The number of ketones is 1. The third-order valence-electron chi connectivity index (χ3n) is 2.80. The second-order valence-electron chi connectivity index (χ2n) is 4.11.